The number of carbonyl (C=O) groups excluding carboxylic acids is 1. The fraction of sp³-hybridized carbons (Fsp3) is 0.0870. The molecule has 0 spiro atoms. The Balaban J connectivity index is 1.54. The summed E-state index contributed by atoms with van der Waals surface area (Å²) < 4.78 is 0. The van der Waals surface area contributed by atoms with Crippen molar-refractivity contribution in [3.05, 3.63) is 95.3 Å². The van der Waals surface area contributed by atoms with Crippen molar-refractivity contribution in [2.24, 2.45) is 4.99 Å². The molecule has 1 N–H and O–H groups in total. The lowest BCUT2D eigenvalue weighted by atomic mass is 10.1. The second-order valence-corrected chi connectivity index (χ2v) is 7.40. The maximum Gasteiger partial charge on any atom is 0.252 e. The SMILES string of the molecule is CNC(=O)c1ccccc1Sc1ccc2c(c1)CN=C2/C=C/c1ccccn1. The van der Waals surface area contributed by atoms with Crippen molar-refractivity contribution in [2.45, 2.75) is 16.3 Å². The van der Waals surface area contributed by atoms with Crippen LogP contribution in [-0.2, 0) is 6.54 Å². The number of rotatable bonds is 5. The van der Waals surface area contributed by atoms with Crippen LogP contribution in [0.3, 0.4) is 0 Å². The van der Waals surface area contributed by atoms with Gasteiger partial charge in [-0.3, -0.25) is 14.8 Å². The summed E-state index contributed by atoms with van der Waals surface area (Å²) >= 11 is 1.60. The summed E-state index contributed by atoms with van der Waals surface area (Å²) in [7, 11) is 1.65. The Morgan fingerprint density at radius 1 is 1.07 bits per heavy atom. The molecule has 0 bridgehead atoms. The lowest BCUT2D eigenvalue weighted by molar-refractivity contribution is 0.0960. The first kappa shape index (κ1) is 18.2. The van der Waals surface area contributed by atoms with E-state index in [1.165, 1.54) is 5.56 Å². The van der Waals surface area contributed by atoms with Gasteiger partial charge in [-0.2, -0.15) is 0 Å². The molecule has 1 amide bonds. The number of aromatic nitrogens is 1. The molecule has 0 aliphatic carbocycles. The first-order valence-corrected chi connectivity index (χ1v) is 9.82. The molecule has 1 aliphatic heterocycles. The van der Waals surface area contributed by atoms with Crippen molar-refractivity contribution >= 4 is 29.5 Å². The summed E-state index contributed by atoms with van der Waals surface area (Å²) in [5.74, 6) is -0.0745. The van der Waals surface area contributed by atoms with Crippen LogP contribution in [0.1, 0.15) is 27.2 Å². The number of nitrogens with one attached hydrogen (secondary N) is 1. The van der Waals surface area contributed by atoms with E-state index in [1.807, 2.05) is 54.6 Å². The molecular weight excluding hydrogens is 366 g/mol. The van der Waals surface area contributed by atoms with E-state index in [2.05, 4.69) is 33.5 Å². The molecule has 1 aliphatic rings. The third kappa shape index (κ3) is 3.89. The van der Waals surface area contributed by atoms with Crippen molar-refractivity contribution in [3.8, 4) is 0 Å². The lowest BCUT2D eigenvalue weighted by Gasteiger charge is -2.09. The Bertz CT molecular complexity index is 1070. The molecule has 28 heavy (non-hydrogen) atoms. The number of amides is 1. The van der Waals surface area contributed by atoms with E-state index in [-0.39, 0.29) is 5.91 Å². The van der Waals surface area contributed by atoms with Crippen LogP contribution in [0, 0.1) is 0 Å². The van der Waals surface area contributed by atoms with Crippen LogP contribution >= 0.6 is 11.8 Å². The van der Waals surface area contributed by atoms with Crippen LogP contribution in [0.4, 0.5) is 0 Å². The summed E-state index contributed by atoms with van der Waals surface area (Å²) in [5, 5.41) is 2.70. The molecule has 1 aromatic heterocycles. The Hall–Kier alpha value is -3.18. The van der Waals surface area contributed by atoms with E-state index in [0.29, 0.717) is 12.1 Å². The predicted molar refractivity (Wildman–Crippen MR) is 114 cm³/mol. The number of hydrogen-bond acceptors (Lipinski definition) is 4. The van der Waals surface area contributed by atoms with E-state index in [4.69, 9.17) is 0 Å². The second-order valence-electron chi connectivity index (χ2n) is 6.29. The number of aliphatic imine (C=N–C) groups is 1. The molecule has 3 aromatic rings. The van der Waals surface area contributed by atoms with Crippen LogP contribution in [-0.4, -0.2) is 23.7 Å². The summed E-state index contributed by atoms with van der Waals surface area (Å²) in [5.41, 5.74) is 4.92. The van der Waals surface area contributed by atoms with Crippen LogP contribution in [0.15, 0.2) is 87.7 Å². The first-order valence-electron chi connectivity index (χ1n) is 9.00. The summed E-state index contributed by atoms with van der Waals surface area (Å²) in [6, 6.07) is 19.8. The number of benzene rings is 2. The van der Waals surface area contributed by atoms with E-state index in [9.17, 15) is 4.79 Å². The zero-order valence-corrected chi connectivity index (χ0v) is 16.2. The largest absolute Gasteiger partial charge is 0.355 e. The average molecular weight is 385 g/mol. The Morgan fingerprint density at radius 3 is 2.75 bits per heavy atom. The van der Waals surface area contributed by atoms with E-state index < -0.39 is 0 Å². The molecular formula is C23H19N3OS. The number of nitrogens with zero attached hydrogens (tertiary/aromatic N) is 2. The van der Waals surface area contributed by atoms with Gasteiger partial charge in [0.2, 0.25) is 0 Å². The zero-order chi connectivity index (χ0) is 19.3. The highest BCUT2D eigenvalue weighted by Gasteiger charge is 2.16. The molecule has 138 valence electrons. The standard InChI is InChI=1S/C23H19N3OS/c1-24-23(27)20-7-2-3-8-22(20)28-18-10-11-19-16(14-18)15-26-21(19)12-9-17-6-4-5-13-25-17/h2-14H,15H2,1H3,(H,24,27)/b12-9+. The van der Waals surface area contributed by atoms with Gasteiger partial charge >= 0.3 is 0 Å². The fourth-order valence-electron chi connectivity index (χ4n) is 3.06. The monoisotopic (exact) mass is 385 g/mol. The van der Waals surface area contributed by atoms with Gasteiger partial charge in [0, 0.05) is 28.6 Å². The minimum atomic E-state index is -0.0745. The van der Waals surface area contributed by atoms with Gasteiger partial charge < -0.3 is 5.32 Å². The Morgan fingerprint density at radius 2 is 1.93 bits per heavy atom. The smallest absolute Gasteiger partial charge is 0.252 e. The fourth-order valence-corrected chi connectivity index (χ4v) is 4.06. The molecule has 4 rings (SSSR count). The van der Waals surface area contributed by atoms with Gasteiger partial charge in [0.1, 0.15) is 0 Å². The third-order valence-electron chi connectivity index (χ3n) is 4.46. The molecule has 0 saturated heterocycles. The van der Waals surface area contributed by atoms with Gasteiger partial charge in [0.05, 0.1) is 23.5 Å². The predicted octanol–water partition coefficient (Wildman–Crippen LogP) is 4.61. The molecule has 2 heterocycles. The molecule has 0 atom stereocenters. The lowest BCUT2D eigenvalue weighted by Crippen LogP contribution is -2.18. The van der Waals surface area contributed by atoms with Crippen molar-refractivity contribution < 1.29 is 4.79 Å². The summed E-state index contributed by atoms with van der Waals surface area (Å²) in [6.45, 7) is 0.669. The topological polar surface area (TPSA) is 54.4 Å². The molecule has 0 radical (unpaired) electrons. The second kappa shape index (κ2) is 8.23. The van der Waals surface area contributed by atoms with Crippen LogP contribution in [0.25, 0.3) is 6.08 Å². The van der Waals surface area contributed by atoms with Crippen molar-refractivity contribution in [3.63, 3.8) is 0 Å². The number of carbonyl (C=O) groups is 1. The number of fused-ring (bicyclic) bond motifs is 1. The summed E-state index contributed by atoms with van der Waals surface area (Å²) in [4.78, 5) is 23.1. The minimum absolute atomic E-state index is 0.0745. The molecule has 0 saturated carbocycles. The van der Waals surface area contributed by atoms with Crippen LogP contribution in [0.5, 0.6) is 0 Å². The van der Waals surface area contributed by atoms with Gasteiger partial charge in [0.15, 0.2) is 0 Å². The minimum Gasteiger partial charge on any atom is -0.355 e. The third-order valence-corrected chi connectivity index (χ3v) is 5.52. The number of hydrogen-bond donors (Lipinski definition) is 1. The van der Waals surface area contributed by atoms with Crippen molar-refractivity contribution in [1.82, 2.24) is 10.3 Å². The maximum absolute atomic E-state index is 12.1. The highest BCUT2D eigenvalue weighted by molar-refractivity contribution is 7.99. The average Bonchev–Trinajstić information content (AvgIpc) is 3.15. The summed E-state index contributed by atoms with van der Waals surface area (Å²) in [6.07, 6.45) is 5.78. The molecule has 4 nitrogen and oxygen atoms in total. The first-order chi connectivity index (χ1) is 13.7. The van der Waals surface area contributed by atoms with Gasteiger partial charge in [-0.05, 0) is 54.1 Å². The number of pyridine rings is 1. The molecule has 2 aromatic carbocycles. The zero-order valence-electron chi connectivity index (χ0n) is 15.4. The highest BCUT2D eigenvalue weighted by atomic mass is 32.2. The van der Waals surface area contributed by atoms with E-state index >= 15 is 0 Å². The van der Waals surface area contributed by atoms with Gasteiger partial charge in [-0.15, -0.1) is 0 Å². The Kier molecular flexibility index (Phi) is 5.35. The number of allylic oxidation sites excluding steroid dienone is 1. The maximum atomic E-state index is 12.1. The van der Waals surface area contributed by atoms with E-state index in [0.717, 1.165) is 26.8 Å². The normalized spacial score (nSPS) is 12.7. The quantitative estimate of drug-likeness (QED) is 0.698. The van der Waals surface area contributed by atoms with Crippen molar-refractivity contribution in [1.29, 1.82) is 0 Å². The van der Waals surface area contributed by atoms with Gasteiger partial charge in [0.25, 0.3) is 5.91 Å². The molecule has 0 fully saturated rings. The Labute approximate surface area is 168 Å². The van der Waals surface area contributed by atoms with E-state index in [1.54, 1.807) is 25.0 Å². The van der Waals surface area contributed by atoms with Crippen LogP contribution < -0.4 is 5.32 Å². The van der Waals surface area contributed by atoms with Gasteiger partial charge in [-0.25, -0.2) is 0 Å². The molecule has 0 unspecified atom stereocenters. The van der Waals surface area contributed by atoms with Crippen molar-refractivity contribution in [2.75, 3.05) is 7.05 Å². The molecule has 5 heteroatoms. The van der Waals surface area contributed by atoms with Gasteiger partial charge in [-0.1, -0.05) is 36.0 Å². The highest BCUT2D eigenvalue weighted by Crippen LogP contribution is 2.33. The van der Waals surface area contributed by atoms with Crippen LogP contribution in [0.2, 0.25) is 0 Å².